The number of carbonyl (C=O) groups excluding carboxylic acids is 3. The first kappa shape index (κ1) is 21.2. The maximum Gasteiger partial charge on any atom is 0.410 e. The van der Waals surface area contributed by atoms with Gasteiger partial charge in [0.1, 0.15) is 11.6 Å². The van der Waals surface area contributed by atoms with Crippen molar-refractivity contribution in [2.45, 2.75) is 58.8 Å². The summed E-state index contributed by atoms with van der Waals surface area (Å²) in [5, 5.41) is 5.12. The van der Waals surface area contributed by atoms with E-state index in [9.17, 15) is 14.4 Å². The van der Waals surface area contributed by atoms with E-state index in [1.54, 1.807) is 11.8 Å². The Labute approximate surface area is 166 Å². The van der Waals surface area contributed by atoms with Gasteiger partial charge in [-0.1, -0.05) is 0 Å². The lowest BCUT2D eigenvalue weighted by atomic mass is 10.2. The van der Waals surface area contributed by atoms with Crippen LogP contribution in [0.3, 0.4) is 0 Å². The molecule has 0 unspecified atom stereocenters. The van der Waals surface area contributed by atoms with Crippen LogP contribution in [0.4, 0.5) is 4.79 Å². The number of ether oxygens (including phenoxy) is 1. The largest absolute Gasteiger partial charge is 0.444 e. The van der Waals surface area contributed by atoms with Crippen molar-refractivity contribution in [3.05, 3.63) is 16.1 Å². The smallest absolute Gasteiger partial charge is 0.410 e. The summed E-state index contributed by atoms with van der Waals surface area (Å²) in [4.78, 5) is 42.7. The van der Waals surface area contributed by atoms with Crippen LogP contribution in [0.25, 0.3) is 0 Å². The number of nitrogens with zero attached hydrogens (tertiary/aromatic N) is 3. The van der Waals surface area contributed by atoms with Crippen LogP contribution < -0.4 is 10.6 Å². The molecule has 0 radical (unpaired) electrons. The second kappa shape index (κ2) is 8.28. The van der Waals surface area contributed by atoms with Crippen LogP contribution in [0, 0.1) is 0 Å². The predicted molar refractivity (Wildman–Crippen MR) is 102 cm³/mol. The van der Waals surface area contributed by atoms with Gasteiger partial charge in [0.25, 0.3) is 5.91 Å². The van der Waals surface area contributed by atoms with Crippen molar-refractivity contribution >= 4 is 33.8 Å². The summed E-state index contributed by atoms with van der Waals surface area (Å²) in [6, 6.07) is -0.702. The predicted octanol–water partition coefficient (Wildman–Crippen LogP) is 1.65. The van der Waals surface area contributed by atoms with Gasteiger partial charge in [0.05, 0.1) is 12.2 Å². The van der Waals surface area contributed by atoms with Crippen molar-refractivity contribution in [3.63, 3.8) is 0 Å². The van der Waals surface area contributed by atoms with Gasteiger partial charge in [-0.05, 0) is 50.0 Å². The van der Waals surface area contributed by atoms with Gasteiger partial charge in [0.2, 0.25) is 5.91 Å². The summed E-state index contributed by atoms with van der Waals surface area (Å²) in [6.07, 6.45) is 0.273. The van der Waals surface area contributed by atoms with Gasteiger partial charge in [-0.2, -0.15) is 0 Å². The minimum atomic E-state index is -0.702. The zero-order chi connectivity index (χ0) is 20.4. The Hall–Kier alpha value is -2.10. The van der Waals surface area contributed by atoms with Crippen LogP contribution in [0.5, 0.6) is 0 Å². The molecule has 0 aliphatic carbocycles. The fraction of sp³-hybridized carbons (Fsp3) is 0.647. The number of halogens is 1. The topological polar surface area (TPSA) is 106 Å². The van der Waals surface area contributed by atoms with E-state index in [1.807, 2.05) is 25.3 Å². The summed E-state index contributed by atoms with van der Waals surface area (Å²) < 4.78 is 7.84. The minimum absolute atomic E-state index is 0.188. The van der Waals surface area contributed by atoms with Crippen LogP contribution >= 0.6 is 15.9 Å². The average Bonchev–Trinajstić information content (AvgIpc) is 2.75. The number of imidazole rings is 1. The molecule has 1 atom stereocenters. The Morgan fingerprint density at radius 2 is 1.93 bits per heavy atom. The molecule has 0 spiro atoms. The van der Waals surface area contributed by atoms with E-state index in [-0.39, 0.29) is 18.1 Å². The van der Waals surface area contributed by atoms with Crippen molar-refractivity contribution in [2.75, 3.05) is 13.6 Å². The molecular weight excluding hydrogens is 418 g/mol. The number of fused-ring (bicyclic) bond motifs is 1. The third-order valence-electron chi connectivity index (χ3n) is 4.03. The number of likely N-dealkylation sites (N-methyl/N-ethyl adjacent to an activating group) is 1. The molecular formula is C17H26BrN5O4. The van der Waals surface area contributed by atoms with Crippen LogP contribution in [0.15, 0.2) is 4.73 Å². The SMILES string of the molecule is CNC(=O)[C@H](C)NC(=O)c1nc(Br)n2c1CN(C(=O)OC(C)(C)C)CCC2. The highest BCUT2D eigenvalue weighted by Gasteiger charge is 2.30. The van der Waals surface area contributed by atoms with E-state index in [2.05, 4.69) is 31.5 Å². The maximum absolute atomic E-state index is 12.7. The van der Waals surface area contributed by atoms with Gasteiger partial charge in [-0.25, -0.2) is 9.78 Å². The van der Waals surface area contributed by atoms with Crippen LogP contribution in [-0.4, -0.2) is 57.6 Å². The Kier molecular flexibility index (Phi) is 6.50. The molecule has 2 N–H and O–H groups in total. The molecule has 0 fully saturated rings. The standard InChI is InChI=1S/C17H26BrN5O4/c1-10(13(24)19-5)20-14(25)12-11-9-22(16(26)27-17(2,3)4)7-6-8-23(11)15(18)21-12/h10H,6-9H2,1-5H3,(H,19,24)(H,20,25)/t10-/m0/s1. The van der Waals surface area contributed by atoms with Crippen LogP contribution in [0.2, 0.25) is 0 Å². The van der Waals surface area contributed by atoms with Crippen molar-refractivity contribution < 1.29 is 19.1 Å². The highest BCUT2D eigenvalue weighted by atomic mass is 79.9. The molecule has 0 saturated heterocycles. The monoisotopic (exact) mass is 443 g/mol. The van der Waals surface area contributed by atoms with Crippen molar-refractivity contribution in [3.8, 4) is 0 Å². The number of hydrogen-bond donors (Lipinski definition) is 2. The number of rotatable bonds is 3. The van der Waals surface area contributed by atoms with Crippen LogP contribution in [-0.2, 0) is 22.6 Å². The van der Waals surface area contributed by atoms with Gasteiger partial charge >= 0.3 is 6.09 Å². The Morgan fingerprint density at radius 1 is 1.26 bits per heavy atom. The molecule has 1 aromatic rings. The highest BCUT2D eigenvalue weighted by molar-refractivity contribution is 9.10. The number of nitrogens with one attached hydrogen (secondary N) is 2. The number of hydrogen-bond acceptors (Lipinski definition) is 5. The van der Waals surface area contributed by atoms with Gasteiger partial charge in [0.15, 0.2) is 10.4 Å². The average molecular weight is 444 g/mol. The molecule has 0 bridgehead atoms. The first-order valence-electron chi connectivity index (χ1n) is 8.78. The molecule has 3 amide bonds. The molecule has 2 rings (SSSR count). The molecule has 1 aliphatic rings. The van der Waals surface area contributed by atoms with Gasteiger partial charge in [-0.15, -0.1) is 0 Å². The first-order valence-corrected chi connectivity index (χ1v) is 9.58. The van der Waals surface area contributed by atoms with Gasteiger partial charge in [-0.3, -0.25) is 9.59 Å². The van der Waals surface area contributed by atoms with E-state index < -0.39 is 23.6 Å². The summed E-state index contributed by atoms with van der Waals surface area (Å²) in [6.45, 7) is 8.34. The Balaban J connectivity index is 2.25. The van der Waals surface area contributed by atoms with Gasteiger partial charge in [0, 0.05) is 20.1 Å². The quantitative estimate of drug-likeness (QED) is 0.738. The van der Waals surface area contributed by atoms with Gasteiger partial charge < -0.3 is 24.8 Å². The minimum Gasteiger partial charge on any atom is -0.444 e. The molecule has 9 nitrogen and oxygen atoms in total. The maximum atomic E-state index is 12.7. The normalized spacial score (nSPS) is 15.4. The van der Waals surface area contributed by atoms with Crippen molar-refractivity contribution in [1.29, 1.82) is 0 Å². The van der Waals surface area contributed by atoms with Crippen molar-refractivity contribution in [1.82, 2.24) is 25.1 Å². The summed E-state index contributed by atoms with van der Waals surface area (Å²) >= 11 is 3.38. The van der Waals surface area contributed by atoms with Crippen LogP contribution in [0.1, 0.15) is 50.3 Å². The van der Waals surface area contributed by atoms with E-state index in [0.717, 1.165) is 0 Å². The Morgan fingerprint density at radius 3 is 2.52 bits per heavy atom. The molecule has 0 saturated carbocycles. The molecule has 0 aromatic carbocycles. The number of carbonyl (C=O) groups is 3. The summed E-state index contributed by atoms with van der Waals surface area (Å²) in [5.41, 5.74) is 0.188. The Bertz CT molecular complexity index is 740. The zero-order valence-electron chi connectivity index (χ0n) is 16.3. The second-order valence-electron chi connectivity index (χ2n) is 7.39. The number of amides is 3. The number of aromatic nitrogens is 2. The molecule has 150 valence electrons. The summed E-state index contributed by atoms with van der Waals surface area (Å²) in [7, 11) is 1.50. The summed E-state index contributed by atoms with van der Waals surface area (Å²) in [5.74, 6) is -0.769. The lowest BCUT2D eigenvalue weighted by Crippen LogP contribution is -2.44. The molecule has 2 heterocycles. The lowest BCUT2D eigenvalue weighted by molar-refractivity contribution is -0.122. The van der Waals surface area contributed by atoms with E-state index in [1.165, 1.54) is 7.05 Å². The zero-order valence-corrected chi connectivity index (χ0v) is 17.8. The van der Waals surface area contributed by atoms with E-state index in [0.29, 0.717) is 29.9 Å². The second-order valence-corrected chi connectivity index (χ2v) is 8.10. The van der Waals surface area contributed by atoms with E-state index >= 15 is 0 Å². The molecule has 1 aromatic heterocycles. The van der Waals surface area contributed by atoms with E-state index in [4.69, 9.17) is 4.74 Å². The lowest BCUT2D eigenvalue weighted by Gasteiger charge is -2.26. The highest BCUT2D eigenvalue weighted by Crippen LogP contribution is 2.24. The van der Waals surface area contributed by atoms with Crippen molar-refractivity contribution in [2.24, 2.45) is 0 Å². The third kappa shape index (κ3) is 5.21. The fourth-order valence-corrected chi connectivity index (χ4v) is 3.30. The molecule has 27 heavy (non-hydrogen) atoms. The fourth-order valence-electron chi connectivity index (χ4n) is 2.73. The molecule has 1 aliphatic heterocycles. The molecule has 10 heteroatoms. The third-order valence-corrected chi connectivity index (χ3v) is 4.64. The first-order chi connectivity index (χ1) is 12.5.